The molecule has 1 aliphatic heterocycles. The fourth-order valence-electron chi connectivity index (χ4n) is 2.98. The summed E-state index contributed by atoms with van der Waals surface area (Å²) in [7, 11) is 1.57. The molecule has 0 saturated heterocycles. The van der Waals surface area contributed by atoms with E-state index in [1.54, 1.807) is 31.4 Å². The van der Waals surface area contributed by atoms with E-state index in [2.05, 4.69) is 12.2 Å². The van der Waals surface area contributed by atoms with Gasteiger partial charge in [0.2, 0.25) is 0 Å². The standard InChI is InChI=1S/C20H23NO4/c1-5-24-17-10-9-14(11-18(17)23-4)21-20(22)16-8-6-7-15-12(2)13(3)25-19(15)16/h6-13H,5H2,1-4H3,(H,21,22). The molecule has 1 amide bonds. The summed E-state index contributed by atoms with van der Waals surface area (Å²) in [6, 6.07) is 11.0. The molecule has 1 N–H and O–H groups in total. The summed E-state index contributed by atoms with van der Waals surface area (Å²) in [4.78, 5) is 12.7. The zero-order chi connectivity index (χ0) is 18.0. The van der Waals surface area contributed by atoms with Crippen LogP contribution >= 0.6 is 0 Å². The van der Waals surface area contributed by atoms with Crippen LogP contribution in [0.4, 0.5) is 5.69 Å². The van der Waals surface area contributed by atoms with E-state index in [0.717, 1.165) is 5.56 Å². The fourth-order valence-corrected chi connectivity index (χ4v) is 2.98. The maximum Gasteiger partial charge on any atom is 0.259 e. The summed E-state index contributed by atoms with van der Waals surface area (Å²) in [6.07, 6.45) is 0.0644. The van der Waals surface area contributed by atoms with Gasteiger partial charge < -0.3 is 19.5 Å². The van der Waals surface area contributed by atoms with Crippen molar-refractivity contribution in [2.75, 3.05) is 19.0 Å². The van der Waals surface area contributed by atoms with E-state index >= 15 is 0 Å². The number of ether oxygens (including phenoxy) is 3. The van der Waals surface area contributed by atoms with Crippen LogP contribution in [0, 0.1) is 0 Å². The van der Waals surface area contributed by atoms with E-state index in [9.17, 15) is 4.79 Å². The van der Waals surface area contributed by atoms with Crippen LogP contribution in [-0.4, -0.2) is 25.7 Å². The number of rotatable bonds is 5. The maximum absolute atomic E-state index is 12.7. The Morgan fingerprint density at radius 1 is 1.20 bits per heavy atom. The minimum absolute atomic E-state index is 0.0644. The molecule has 0 spiro atoms. The van der Waals surface area contributed by atoms with Crippen molar-refractivity contribution >= 4 is 11.6 Å². The summed E-state index contributed by atoms with van der Waals surface area (Å²) >= 11 is 0. The molecule has 1 aliphatic rings. The molecule has 0 aliphatic carbocycles. The van der Waals surface area contributed by atoms with Gasteiger partial charge in [0.05, 0.1) is 19.3 Å². The molecular weight excluding hydrogens is 318 g/mol. The number of benzene rings is 2. The molecule has 2 unspecified atom stereocenters. The fraction of sp³-hybridized carbons (Fsp3) is 0.350. The SMILES string of the molecule is CCOc1ccc(NC(=O)c2cccc3c2OC(C)C3C)cc1OC. The number of anilines is 1. The van der Waals surface area contributed by atoms with Crippen molar-refractivity contribution < 1.29 is 19.0 Å². The quantitative estimate of drug-likeness (QED) is 0.884. The average molecular weight is 341 g/mol. The third-order valence-corrected chi connectivity index (χ3v) is 4.51. The van der Waals surface area contributed by atoms with Crippen molar-refractivity contribution in [2.24, 2.45) is 0 Å². The number of fused-ring (bicyclic) bond motifs is 1. The van der Waals surface area contributed by atoms with E-state index in [4.69, 9.17) is 14.2 Å². The third kappa shape index (κ3) is 3.27. The van der Waals surface area contributed by atoms with Crippen LogP contribution in [0.5, 0.6) is 17.2 Å². The van der Waals surface area contributed by atoms with Crippen LogP contribution in [0.2, 0.25) is 0 Å². The third-order valence-electron chi connectivity index (χ3n) is 4.51. The highest BCUT2D eigenvalue weighted by Gasteiger charge is 2.31. The lowest BCUT2D eigenvalue weighted by molar-refractivity contribution is 0.102. The van der Waals surface area contributed by atoms with Crippen molar-refractivity contribution in [3.05, 3.63) is 47.5 Å². The number of nitrogens with one attached hydrogen (secondary N) is 1. The summed E-state index contributed by atoms with van der Waals surface area (Å²) in [5, 5.41) is 2.91. The number of hydrogen-bond donors (Lipinski definition) is 1. The molecule has 1 heterocycles. The molecule has 2 atom stereocenters. The summed E-state index contributed by atoms with van der Waals surface area (Å²) in [5.74, 6) is 1.97. The molecule has 5 nitrogen and oxygen atoms in total. The number of para-hydroxylation sites is 1. The second-order valence-electron chi connectivity index (χ2n) is 6.09. The molecule has 132 valence electrons. The predicted octanol–water partition coefficient (Wildman–Crippen LogP) is 4.23. The molecule has 3 rings (SSSR count). The molecule has 2 aromatic rings. The van der Waals surface area contributed by atoms with Crippen LogP contribution in [0.25, 0.3) is 0 Å². The zero-order valence-electron chi connectivity index (χ0n) is 15.0. The Morgan fingerprint density at radius 2 is 2.00 bits per heavy atom. The Hall–Kier alpha value is -2.69. The highest BCUT2D eigenvalue weighted by molar-refractivity contribution is 6.06. The predicted molar refractivity (Wildman–Crippen MR) is 97.1 cm³/mol. The van der Waals surface area contributed by atoms with Gasteiger partial charge in [0.25, 0.3) is 5.91 Å². The highest BCUT2D eigenvalue weighted by atomic mass is 16.5. The van der Waals surface area contributed by atoms with Gasteiger partial charge in [-0.2, -0.15) is 0 Å². The van der Waals surface area contributed by atoms with E-state index in [0.29, 0.717) is 35.1 Å². The van der Waals surface area contributed by atoms with Gasteiger partial charge in [-0.05, 0) is 32.0 Å². The van der Waals surface area contributed by atoms with Crippen LogP contribution in [0.1, 0.15) is 42.6 Å². The summed E-state index contributed by atoms with van der Waals surface area (Å²) in [5.41, 5.74) is 2.26. The first-order valence-corrected chi connectivity index (χ1v) is 8.46. The van der Waals surface area contributed by atoms with Gasteiger partial charge in [-0.15, -0.1) is 0 Å². The molecule has 2 aromatic carbocycles. The lowest BCUT2D eigenvalue weighted by atomic mass is 9.97. The Balaban J connectivity index is 1.85. The zero-order valence-corrected chi connectivity index (χ0v) is 15.0. The Labute approximate surface area is 147 Å². The summed E-state index contributed by atoms with van der Waals surface area (Å²) in [6.45, 7) is 6.58. The molecule has 0 bridgehead atoms. The van der Waals surface area contributed by atoms with Crippen molar-refractivity contribution in [1.29, 1.82) is 0 Å². The highest BCUT2D eigenvalue weighted by Crippen LogP contribution is 2.40. The maximum atomic E-state index is 12.7. The summed E-state index contributed by atoms with van der Waals surface area (Å²) < 4.78 is 16.7. The largest absolute Gasteiger partial charge is 0.493 e. The second-order valence-corrected chi connectivity index (χ2v) is 6.09. The Bertz CT molecular complexity index is 787. The average Bonchev–Trinajstić information content (AvgIpc) is 2.91. The monoisotopic (exact) mass is 341 g/mol. The minimum Gasteiger partial charge on any atom is -0.493 e. The van der Waals surface area contributed by atoms with Crippen LogP contribution < -0.4 is 19.5 Å². The topological polar surface area (TPSA) is 56.8 Å². The lowest BCUT2D eigenvalue weighted by Gasteiger charge is -2.13. The molecule has 0 radical (unpaired) electrons. The van der Waals surface area contributed by atoms with Gasteiger partial charge in [-0.25, -0.2) is 0 Å². The second kappa shape index (κ2) is 7.05. The Kier molecular flexibility index (Phi) is 4.83. The Morgan fingerprint density at radius 3 is 2.72 bits per heavy atom. The smallest absolute Gasteiger partial charge is 0.259 e. The van der Waals surface area contributed by atoms with Crippen molar-refractivity contribution in [3.63, 3.8) is 0 Å². The van der Waals surface area contributed by atoms with Gasteiger partial charge in [0.15, 0.2) is 11.5 Å². The number of methoxy groups -OCH3 is 1. The van der Waals surface area contributed by atoms with E-state index < -0.39 is 0 Å². The van der Waals surface area contributed by atoms with Gasteiger partial charge in [-0.1, -0.05) is 19.1 Å². The van der Waals surface area contributed by atoms with Crippen molar-refractivity contribution in [1.82, 2.24) is 0 Å². The van der Waals surface area contributed by atoms with Gasteiger partial charge in [-0.3, -0.25) is 4.79 Å². The van der Waals surface area contributed by atoms with Gasteiger partial charge in [0.1, 0.15) is 11.9 Å². The van der Waals surface area contributed by atoms with Crippen molar-refractivity contribution in [2.45, 2.75) is 32.8 Å². The molecule has 0 saturated carbocycles. The van der Waals surface area contributed by atoms with Crippen LogP contribution in [0.15, 0.2) is 36.4 Å². The van der Waals surface area contributed by atoms with Gasteiger partial charge >= 0.3 is 0 Å². The first kappa shape index (κ1) is 17.1. The number of amides is 1. The number of hydrogen-bond acceptors (Lipinski definition) is 4. The molecule has 5 heteroatoms. The van der Waals surface area contributed by atoms with Gasteiger partial charge in [0, 0.05) is 23.2 Å². The molecule has 0 aromatic heterocycles. The number of carbonyl (C=O) groups excluding carboxylic acids is 1. The first-order valence-electron chi connectivity index (χ1n) is 8.46. The van der Waals surface area contributed by atoms with Crippen LogP contribution in [-0.2, 0) is 0 Å². The minimum atomic E-state index is -0.204. The van der Waals surface area contributed by atoms with Crippen molar-refractivity contribution in [3.8, 4) is 17.2 Å². The first-order chi connectivity index (χ1) is 12.0. The lowest BCUT2D eigenvalue weighted by Crippen LogP contribution is -2.14. The molecule has 25 heavy (non-hydrogen) atoms. The van der Waals surface area contributed by atoms with Crippen LogP contribution in [0.3, 0.4) is 0 Å². The van der Waals surface area contributed by atoms with E-state index in [1.165, 1.54) is 0 Å². The molecule has 0 fully saturated rings. The normalized spacial score (nSPS) is 18.2. The van der Waals surface area contributed by atoms with E-state index in [-0.39, 0.29) is 17.9 Å². The number of carbonyl (C=O) groups is 1. The molecular formula is C20H23NO4. The van der Waals surface area contributed by atoms with E-state index in [1.807, 2.05) is 26.0 Å².